The van der Waals surface area contributed by atoms with Crippen LogP contribution in [0.1, 0.15) is 33.6 Å². The first-order chi connectivity index (χ1) is 8.74. The largest absolute Gasteiger partial charge is 0.296 e. The number of nitrogens with zero attached hydrogens (tertiary/aromatic N) is 3. The van der Waals surface area contributed by atoms with E-state index in [1.807, 2.05) is 6.07 Å². The molecular formula is C11H10N4OS2. The lowest BCUT2D eigenvalue weighted by Gasteiger charge is -1.97. The van der Waals surface area contributed by atoms with Crippen molar-refractivity contribution >= 4 is 33.7 Å². The fourth-order valence-electron chi connectivity index (χ4n) is 1.35. The van der Waals surface area contributed by atoms with Gasteiger partial charge in [0.25, 0.3) is 5.91 Å². The maximum atomic E-state index is 11.9. The number of anilines is 1. The van der Waals surface area contributed by atoms with Gasteiger partial charge >= 0.3 is 0 Å². The van der Waals surface area contributed by atoms with Gasteiger partial charge < -0.3 is 0 Å². The van der Waals surface area contributed by atoms with Gasteiger partial charge in [0.2, 0.25) is 5.13 Å². The molecule has 5 nitrogen and oxygen atoms in total. The summed E-state index contributed by atoms with van der Waals surface area (Å²) in [5.74, 6) is -0.305. The lowest BCUT2D eigenvalue weighted by molar-refractivity contribution is 0.103. The van der Waals surface area contributed by atoms with Gasteiger partial charge in [-0.25, -0.2) is 0 Å². The zero-order chi connectivity index (χ0) is 13.0. The number of carbonyl (C=O) groups is 1. The van der Waals surface area contributed by atoms with Gasteiger partial charge in [-0.05, 0) is 17.9 Å². The molecule has 2 rings (SSSR count). The van der Waals surface area contributed by atoms with Crippen LogP contribution in [0.5, 0.6) is 0 Å². The van der Waals surface area contributed by atoms with Gasteiger partial charge in [-0.1, -0.05) is 18.3 Å². The van der Waals surface area contributed by atoms with E-state index in [9.17, 15) is 4.79 Å². The Balaban J connectivity index is 2.09. The minimum atomic E-state index is -0.305. The van der Waals surface area contributed by atoms with Crippen molar-refractivity contribution in [1.82, 2.24) is 10.2 Å². The third-order valence-corrected chi connectivity index (χ3v) is 3.95. The van der Waals surface area contributed by atoms with Crippen LogP contribution < -0.4 is 5.32 Å². The number of aromatic nitrogens is 2. The summed E-state index contributed by atoms with van der Waals surface area (Å²) >= 11 is 2.60. The zero-order valence-electron chi connectivity index (χ0n) is 9.64. The van der Waals surface area contributed by atoms with Crippen LogP contribution in [0.3, 0.4) is 0 Å². The highest BCUT2D eigenvalue weighted by atomic mass is 32.1. The standard InChI is InChI=1S/C11H10N4OS2/c1-2-3-8-14-15-11(18-8)13-10(16)9-7(6-12)4-5-17-9/h4-5H,2-3H2,1H3,(H,13,15,16). The lowest BCUT2D eigenvalue weighted by Crippen LogP contribution is -2.11. The molecule has 2 aromatic rings. The number of thiophene rings is 1. The molecule has 2 heterocycles. The van der Waals surface area contributed by atoms with E-state index in [0.29, 0.717) is 15.6 Å². The average Bonchev–Trinajstić information content (AvgIpc) is 2.98. The second-order valence-electron chi connectivity index (χ2n) is 3.48. The number of hydrogen-bond acceptors (Lipinski definition) is 6. The highest BCUT2D eigenvalue weighted by molar-refractivity contribution is 7.15. The van der Waals surface area contributed by atoms with Gasteiger partial charge in [-0.15, -0.1) is 21.5 Å². The Morgan fingerprint density at radius 1 is 1.56 bits per heavy atom. The lowest BCUT2D eigenvalue weighted by atomic mass is 10.3. The molecule has 0 atom stereocenters. The van der Waals surface area contributed by atoms with Crippen molar-refractivity contribution < 1.29 is 4.79 Å². The average molecular weight is 278 g/mol. The van der Waals surface area contributed by atoms with Crippen molar-refractivity contribution in [2.45, 2.75) is 19.8 Å². The van der Waals surface area contributed by atoms with Gasteiger partial charge in [0, 0.05) is 6.42 Å². The van der Waals surface area contributed by atoms with E-state index >= 15 is 0 Å². The zero-order valence-corrected chi connectivity index (χ0v) is 11.3. The summed E-state index contributed by atoms with van der Waals surface area (Å²) in [7, 11) is 0. The van der Waals surface area contributed by atoms with E-state index in [2.05, 4.69) is 22.4 Å². The fraction of sp³-hybridized carbons (Fsp3) is 0.273. The topological polar surface area (TPSA) is 78.7 Å². The van der Waals surface area contributed by atoms with Crippen LogP contribution in [0, 0.1) is 11.3 Å². The Hall–Kier alpha value is -1.78. The molecule has 0 fully saturated rings. The molecule has 0 aliphatic rings. The number of carbonyl (C=O) groups excluding carboxylic acids is 1. The van der Waals surface area contributed by atoms with Crippen LogP contribution in [0.25, 0.3) is 0 Å². The minimum Gasteiger partial charge on any atom is -0.296 e. The van der Waals surface area contributed by atoms with Crippen LogP contribution in [0.15, 0.2) is 11.4 Å². The number of nitriles is 1. The van der Waals surface area contributed by atoms with Crippen molar-refractivity contribution in [3.05, 3.63) is 26.9 Å². The van der Waals surface area contributed by atoms with Crippen molar-refractivity contribution in [3.63, 3.8) is 0 Å². The van der Waals surface area contributed by atoms with Crippen molar-refractivity contribution in [2.75, 3.05) is 5.32 Å². The van der Waals surface area contributed by atoms with E-state index in [1.165, 1.54) is 22.7 Å². The molecule has 0 aromatic carbocycles. The Kier molecular flexibility index (Phi) is 4.02. The molecular weight excluding hydrogens is 268 g/mol. The number of hydrogen-bond donors (Lipinski definition) is 1. The molecule has 0 saturated heterocycles. The van der Waals surface area contributed by atoms with Crippen molar-refractivity contribution in [1.29, 1.82) is 5.26 Å². The van der Waals surface area contributed by atoms with Crippen molar-refractivity contribution in [3.8, 4) is 6.07 Å². The Morgan fingerprint density at radius 2 is 2.39 bits per heavy atom. The summed E-state index contributed by atoms with van der Waals surface area (Å²) in [4.78, 5) is 12.3. The highest BCUT2D eigenvalue weighted by Gasteiger charge is 2.15. The van der Waals surface area contributed by atoms with E-state index in [1.54, 1.807) is 11.4 Å². The van der Waals surface area contributed by atoms with E-state index in [-0.39, 0.29) is 5.91 Å². The molecule has 2 aromatic heterocycles. The smallest absolute Gasteiger partial charge is 0.268 e. The number of rotatable bonds is 4. The summed E-state index contributed by atoms with van der Waals surface area (Å²) in [6.45, 7) is 2.06. The summed E-state index contributed by atoms with van der Waals surface area (Å²) in [6, 6.07) is 3.61. The Bertz CT molecular complexity index is 596. The molecule has 92 valence electrons. The Labute approximate surface area is 112 Å². The number of nitrogens with one attached hydrogen (secondary N) is 1. The summed E-state index contributed by atoms with van der Waals surface area (Å²) in [5, 5.41) is 22.5. The second kappa shape index (κ2) is 5.71. The third kappa shape index (κ3) is 2.72. The normalized spacial score (nSPS) is 10.0. The van der Waals surface area contributed by atoms with Gasteiger partial charge in [0.15, 0.2) is 0 Å². The summed E-state index contributed by atoms with van der Waals surface area (Å²) in [6.07, 6.45) is 1.85. The molecule has 0 bridgehead atoms. The van der Waals surface area contributed by atoms with Crippen LogP contribution in [-0.4, -0.2) is 16.1 Å². The number of aryl methyl sites for hydroxylation is 1. The molecule has 18 heavy (non-hydrogen) atoms. The third-order valence-electron chi connectivity index (χ3n) is 2.14. The van der Waals surface area contributed by atoms with Gasteiger partial charge in [0.05, 0.1) is 5.56 Å². The predicted molar refractivity (Wildman–Crippen MR) is 70.9 cm³/mol. The predicted octanol–water partition coefficient (Wildman–Crippen LogP) is 2.68. The Morgan fingerprint density at radius 3 is 3.11 bits per heavy atom. The molecule has 0 radical (unpaired) electrons. The SMILES string of the molecule is CCCc1nnc(NC(=O)c2sccc2C#N)s1. The molecule has 0 unspecified atom stereocenters. The molecule has 0 saturated carbocycles. The van der Waals surface area contributed by atoms with Gasteiger partial charge in [-0.2, -0.15) is 5.26 Å². The monoisotopic (exact) mass is 278 g/mol. The number of amides is 1. The van der Waals surface area contributed by atoms with E-state index in [0.717, 1.165) is 17.8 Å². The van der Waals surface area contributed by atoms with Crippen LogP contribution in [-0.2, 0) is 6.42 Å². The first-order valence-corrected chi connectivity index (χ1v) is 7.05. The van der Waals surface area contributed by atoms with Crippen molar-refractivity contribution in [2.24, 2.45) is 0 Å². The van der Waals surface area contributed by atoms with Crippen LogP contribution in [0.2, 0.25) is 0 Å². The molecule has 0 aliphatic heterocycles. The molecule has 0 aliphatic carbocycles. The highest BCUT2D eigenvalue weighted by Crippen LogP contribution is 2.20. The molecule has 0 spiro atoms. The quantitative estimate of drug-likeness (QED) is 0.932. The first-order valence-electron chi connectivity index (χ1n) is 5.36. The minimum absolute atomic E-state index is 0.305. The summed E-state index contributed by atoms with van der Waals surface area (Å²) < 4.78 is 0. The van der Waals surface area contributed by atoms with Gasteiger partial charge in [0.1, 0.15) is 16.0 Å². The van der Waals surface area contributed by atoms with Crippen LogP contribution in [0.4, 0.5) is 5.13 Å². The second-order valence-corrected chi connectivity index (χ2v) is 5.46. The maximum absolute atomic E-state index is 11.9. The maximum Gasteiger partial charge on any atom is 0.268 e. The first kappa shape index (κ1) is 12.7. The summed E-state index contributed by atoms with van der Waals surface area (Å²) in [5.41, 5.74) is 0.385. The fourth-order valence-corrected chi connectivity index (χ4v) is 2.92. The van der Waals surface area contributed by atoms with Crippen LogP contribution >= 0.6 is 22.7 Å². The molecule has 1 amide bonds. The van der Waals surface area contributed by atoms with E-state index < -0.39 is 0 Å². The van der Waals surface area contributed by atoms with E-state index in [4.69, 9.17) is 5.26 Å². The van der Waals surface area contributed by atoms with Gasteiger partial charge in [-0.3, -0.25) is 10.1 Å². The molecule has 7 heteroatoms. The molecule has 1 N–H and O–H groups in total.